The van der Waals surface area contributed by atoms with Gasteiger partial charge in [0, 0.05) is 5.75 Å². The van der Waals surface area contributed by atoms with E-state index in [9.17, 15) is 18.0 Å². The zero-order valence-corrected chi connectivity index (χ0v) is 11.1. The second-order valence-electron chi connectivity index (χ2n) is 3.26. The molecule has 7 heteroatoms. The van der Waals surface area contributed by atoms with Crippen LogP contribution in [-0.4, -0.2) is 45.1 Å². The van der Waals surface area contributed by atoms with Crippen LogP contribution in [0.3, 0.4) is 0 Å². The summed E-state index contributed by atoms with van der Waals surface area (Å²) in [6, 6.07) is 0. The van der Waals surface area contributed by atoms with E-state index in [2.05, 4.69) is 9.47 Å². The normalized spacial score (nSPS) is 11.3. The summed E-state index contributed by atoms with van der Waals surface area (Å²) in [7, 11) is -3.45. The van der Waals surface area contributed by atoms with Crippen LogP contribution in [-0.2, 0) is 28.9 Å². The van der Waals surface area contributed by atoms with Gasteiger partial charge < -0.3 is 9.47 Å². The van der Waals surface area contributed by atoms with Gasteiger partial charge in [0.1, 0.15) is 0 Å². The van der Waals surface area contributed by atoms with Gasteiger partial charge in [-0.15, -0.1) is 0 Å². The van der Waals surface area contributed by atoms with Crippen LogP contribution in [0.1, 0.15) is 20.8 Å². The smallest absolute Gasteiger partial charge is 0.321 e. The van der Waals surface area contributed by atoms with E-state index in [1.54, 1.807) is 13.8 Å². The standard InChI is InChI=1S/C10H18O6S/c1-4-15-9(11)8(10(12)16-5-2)7-17(13,14)6-3/h8H,4-7H2,1-3H3. The van der Waals surface area contributed by atoms with Gasteiger partial charge >= 0.3 is 11.9 Å². The predicted octanol–water partition coefficient (Wildman–Crippen LogP) is 0.163. The zero-order valence-electron chi connectivity index (χ0n) is 10.3. The minimum Gasteiger partial charge on any atom is -0.465 e. The minimum absolute atomic E-state index is 0.0842. The molecule has 0 aromatic rings. The average Bonchev–Trinajstić information content (AvgIpc) is 2.26. The molecule has 0 aliphatic carbocycles. The maximum atomic E-state index is 11.5. The number of ether oxygens (including phenoxy) is 2. The predicted molar refractivity (Wildman–Crippen MR) is 61.1 cm³/mol. The van der Waals surface area contributed by atoms with Gasteiger partial charge in [-0.25, -0.2) is 8.42 Å². The first-order valence-electron chi connectivity index (χ1n) is 5.41. The van der Waals surface area contributed by atoms with Crippen molar-refractivity contribution >= 4 is 21.8 Å². The molecule has 0 aromatic heterocycles. The lowest BCUT2D eigenvalue weighted by molar-refractivity contribution is -0.160. The van der Waals surface area contributed by atoms with Crippen LogP contribution in [0.25, 0.3) is 0 Å². The van der Waals surface area contributed by atoms with Crippen LogP contribution in [0.4, 0.5) is 0 Å². The fourth-order valence-corrected chi connectivity index (χ4v) is 2.11. The third kappa shape index (κ3) is 5.67. The topological polar surface area (TPSA) is 86.7 Å². The Morgan fingerprint density at radius 2 is 1.41 bits per heavy atom. The largest absolute Gasteiger partial charge is 0.465 e. The van der Waals surface area contributed by atoms with Crippen molar-refractivity contribution in [2.75, 3.05) is 24.7 Å². The molecule has 6 nitrogen and oxygen atoms in total. The van der Waals surface area contributed by atoms with E-state index >= 15 is 0 Å². The molecule has 0 fully saturated rings. The number of rotatable bonds is 7. The second-order valence-corrected chi connectivity index (χ2v) is 5.65. The Balaban J connectivity index is 4.86. The summed E-state index contributed by atoms with van der Waals surface area (Å²) in [5.74, 6) is -3.81. The van der Waals surface area contributed by atoms with Gasteiger partial charge in [0.25, 0.3) is 0 Å². The van der Waals surface area contributed by atoms with Gasteiger partial charge in [0.05, 0.1) is 19.0 Å². The second kappa shape index (κ2) is 7.26. The van der Waals surface area contributed by atoms with Crippen molar-refractivity contribution in [1.29, 1.82) is 0 Å². The molecule has 0 rings (SSSR count). The van der Waals surface area contributed by atoms with E-state index in [-0.39, 0.29) is 19.0 Å². The fourth-order valence-electron chi connectivity index (χ4n) is 1.09. The molecule has 0 saturated carbocycles. The molecular formula is C10H18O6S. The molecule has 0 aliphatic heterocycles. The Labute approximate surface area is 101 Å². The molecular weight excluding hydrogens is 248 g/mol. The number of sulfone groups is 1. The fraction of sp³-hybridized carbons (Fsp3) is 0.800. The van der Waals surface area contributed by atoms with Gasteiger partial charge in [0.2, 0.25) is 0 Å². The molecule has 0 bridgehead atoms. The highest BCUT2D eigenvalue weighted by Gasteiger charge is 2.33. The molecule has 0 atom stereocenters. The van der Waals surface area contributed by atoms with E-state index < -0.39 is 33.4 Å². The van der Waals surface area contributed by atoms with Crippen LogP contribution in [0, 0.1) is 5.92 Å². The monoisotopic (exact) mass is 266 g/mol. The molecule has 0 saturated heterocycles. The number of hydrogen-bond donors (Lipinski definition) is 0. The third-order valence-electron chi connectivity index (χ3n) is 2.00. The molecule has 0 unspecified atom stereocenters. The van der Waals surface area contributed by atoms with E-state index in [0.717, 1.165) is 0 Å². The van der Waals surface area contributed by atoms with Crippen LogP contribution < -0.4 is 0 Å². The highest BCUT2D eigenvalue weighted by Crippen LogP contribution is 2.08. The van der Waals surface area contributed by atoms with Crippen LogP contribution in [0.2, 0.25) is 0 Å². The maximum Gasteiger partial charge on any atom is 0.321 e. The van der Waals surface area contributed by atoms with Gasteiger partial charge in [-0.2, -0.15) is 0 Å². The lowest BCUT2D eigenvalue weighted by atomic mass is 10.2. The number of carbonyl (C=O) groups is 2. The molecule has 0 radical (unpaired) electrons. The summed E-state index contributed by atoms with van der Waals surface area (Å²) in [6.45, 7) is 4.77. The minimum atomic E-state index is -3.45. The van der Waals surface area contributed by atoms with E-state index in [1.165, 1.54) is 6.92 Å². The summed E-state index contributed by atoms with van der Waals surface area (Å²) in [6.07, 6.45) is 0. The van der Waals surface area contributed by atoms with E-state index in [0.29, 0.717) is 0 Å². The lowest BCUT2D eigenvalue weighted by Crippen LogP contribution is -2.34. The van der Waals surface area contributed by atoms with Crippen molar-refractivity contribution in [3.63, 3.8) is 0 Å². The Morgan fingerprint density at radius 1 is 1.00 bits per heavy atom. The molecule has 0 heterocycles. The summed E-state index contributed by atoms with van der Waals surface area (Å²) >= 11 is 0. The average molecular weight is 266 g/mol. The Kier molecular flexibility index (Phi) is 6.79. The zero-order chi connectivity index (χ0) is 13.5. The van der Waals surface area contributed by atoms with Crippen LogP contribution in [0.15, 0.2) is 0 Å². The Hall–Kier alpha value is -1.11. The van der Waals surface area contributed by atoms with Crippen LogP contribution >= 0.6 is 0 Å². The van der Waals surface area contributed by atoms with Gasteiger partial charge in [-0.1, -0.05) is 6.92 Å². The summed E-state index contributed by atoms with van der Waals surface area (Å²) in [4.78, 5) is 22.9. The third-order valence-corrected chi connectivity index (χ3v) is 3.72. The summed E-state index contributed by atoms with van der Waals surface area (Å²) in [5, 5.41) is 0. The Bertz CT molecular complexity index is 341. The lowest BCUT2D eigenvalue weighted by Gasteiger charge is -2.13. The van der Waals surface area contributed by atoms with Crippen molar-refractivity contribution in [3.05, 3.63) is 0 Å². The van der Waals surface area contributed by atoms with Crippen molar-refractivity contribution < 1.29 is 27.5 Å². The van der Waals surface area contributed by atoms with Crippen molar-refractivity contribution in [2.24, 2.45) is 5.92 Å². The van der Waals surface area contributed by atoms with Crippen molar-refractivity contribution in [2.45, 2.75) is 20.8 Å². The van der Waals surface area contributed by atoms with Crippen molar-refractivity contribution in [1.82, 2.24) is 0 Å². The van der Waals surface area contributed by atoms with E-state index in [4.69, 9.17) is 0 Å². The molecule has 100 valence electrons. The highest BCUT2D eigenvalue weighted by atomic mass is 32.2. The summed E-state index contributed by atoms with van der Waals surface area (Å²) < 4.78 is 32.1. The number of carbonyl (C=O) groups excluding carboxylic acids is 2. The number of hydrogen-bond acceptors (Lipinski definition) is 6. The Morgan fingerprint density at radius 3 is 1.71 bits per heavy atom. The quantitative estimate of drug-likeness (QED) is 0.482. The van der Waals surface area contributed by atoms with Gasteiger partial charge in [0.15, 0.2) is 15.8 Å². The first kappa shape index (κ1) is 15.9. The van der Waals surface area contributed by atoms with Gasteiger partial charge in [-0.05, 0) is 13.8 Å². The molecule has 0 spiro atoms. The maximum absolute atomic E-state index is 11.5. The molecule has 0 aromatic carbocycles. The molecule has 0 aliphatic rings. The summed E-state index contributed by atoms with van der Waals surface area (Å²) in [5.41, 5.74) is 0. The molecule has 0 amide bonds. The molecule has 17 heavy (non-hydrogen) atoms. The van der Waals surface area contributed by atoms with Crippen LogP contribution in [0.5, 0.6) is 0 Å². The highest BCUT2D eigenvalue weighted by molar-refractivity contribution is 7.91. The first-order chi connectivity index (χ1) is 7.87. The van der Waals surface area contributed by atoms with Crippen molar-refractivity contribution in [3.8, 4) is 0 Å². The van der Waals surface area contributed by atoms with Gasteiger partial charge in [-0.3, -0.25) is 9.59 Å². The van der Waals surface area contributed by atoms with E-state index in [1.807, 2.05) is 0 Å². The number of esters is 2. The molecule has 0 N–H and O–H groups in total. The first-order valence-corrected chi connectivity index (χ1v) is 7.23. The SMILES string of the molecule is CCOC(=O)C(CS(=O)(=O)CC)C(=O)OCC.